The zero-order valence-electron chi connectivity index (χ0n) is 19.6. The van der Waals surface area contributed by atoms with Gasteiger partial charge < -0.3 is 20.5 Å². The van der Waals surface area contributed by atoms with E-state index < -0.39 is 23.6 Å². The molecule has 4 rings (SSSR count). The van der Waals surface area contributed by atoms with Crippen LogP contribution in [0.3, 0.4) is 0 Å². The Morgan fingerprint density at radius 3 is 2.30 bits per heavy atom. The van der Waals surface area contributed by atoms with E-state index in [-0.39, 0.29) is 23.5 Å². The molecule has 2 heterocycles. The predicted molar refractivity (Wildman–Crippen MR) is 123 cm³/mol. The second kappa shape index (κ2) is 14.9. The van der Waals surface area contributed by atoms with Crippen molar-refractivity contribution in [2.24, 2.45) is 5.73 Å². The quantitative estimate of drug-likeness (QED) is 0.671. The van der Waals surface area contributed by atoms with E-state index in [0.717, 1.165) is 12.5 Å². The summed E-state index contributed by atoms with van der Waals surface area (Å²) < 4.78 is 34.8. The van der Waals surface area contributed by atoms with Gasteiger partial charge in [-0.2, -0.15) is 4.39 Å². The predicted octanol–water partition coefficient (Wildman–Crippen LogP) is 4.86. The second-order valence-electron chi connectivity index (χ2n) is 7.11. The first kappa shape index (κ1) is 28.0. The molecule has 7 nitrogen and oxygen atoms in total. The van der Waals surface area contributed by atoms with E-state index in [9.17, 15) is 18.4 Å². The molecule has 0 radical (unpaired) electrons. The van der Waals surface area contributed by atoms with Crippen LogP contribution in [0.1, 0.15) is 63.4 Å². The summed E-state index contributed by atoms with van der Waals surface area (Å²) in [5.74, 6) is -2.73. The maximum Gasteiger partial charge on any atom is 0.267 e. The lowest BCUT2D eigenvalue weighted by Gasteiger charge is -2.11. The minimum Gasteiger partial charge on any atom is -0.494 e. The van der Waals surface area contributed by atoms with Gasteiger partial charge in [0.05, 0.1) is 13.2 Å². The van der Waals surface area contributed by atoms with Gasteiger partial charge >= 0.3 is 0 Å². The van der Waals surface area contributed by atoms with Crippen molar-refractivity contribution in [1.29, 1.82) is 0 Å². The molecule has 3 N–H and O–H groups in total. The van der Waals surface area contributed by atoms with Crippen LogP contribution in [0, 0.1) is 11.6 Å². The monoisotopic (exact) mass is 465 g/mol. The summed E-state index contributed by atoms with van der Waals surface area (Å²) in [6.07, 6.45) is 7.19. The van der Waals surface area contributed by atoms with E-state index in [1.165, 1.54) is 50.8 Å². The molecule has 9 heteroatoms. The molecular formula is C24H33F2N3O4. The molecule has 1 aromatic carbocycles. The number of pyridine rings is 1. The van der Waals surface area contributed by atoms with Gasteiger partial charge in [-0.25, -0.2) is 4.39 Å². The first-order valence-electron chi connectivity index (χ1n) is 11.0. The number of carbonyl (C=O) groups excluding carboxylic acids is 2. The molecule has 1 aromatic heterocycles. The van der Waals surface area contributed by atoms with Crippen LogP contribution in [0.2, 0.25) is 0 Å². The molecule has 33 heavy (non-hydrogen) atoms. The van der Waals surface area contributed by atoms with Gasteiger partial charge in [-0.05, 0) is 44.0 Å². The van der Waals surface area contributed by atoms with Crippen LogP contribution in [0.25, 0.3) is 0 Å². The third kappa shape index (κ3) is 10.4. The molecule has 1 aliphatic heterocycles. The van der Waals surface area contributed by atoms with Crippen molar-refractivity contribution in [1.82, 2.24) is 4.98 Å². The summed E-state index contributed by atoms with van der Waals surface area (Å²) in [6, 6.07) is 6.83. The lowest BCUT2D eigenvalue weighted by atomic mass is 10.2. The van der Waals surface area contributed by atoms with E-state index in [0.29, 0.717) is 12.1 Å². The zero-order valence-corrected chi connectivity index (χ0v) is 19.6. The van der Waals surface area contributed by atoms with Gasteiger partial charge in [0.15, 0.2) is 11.6 Å². The number of methoxy groups -OCH3 is 1. The number of aromatic nitrogens is 1. The number of rotatable bonds is 4. The van der Waals surface area contributed by atoms with E-state index in [1.54, 1.807) is 6.07 Å². The Morgan fingerprint density at radius 1 is 1.15 bits per heavy atom. The van der Waals surface area contributed by atoms with Crippen molar-refractivity contribution >= 4 is 17.5 Å². The number of hydrogen-bond donors (Lipinski definition) is 2. The van der Waals surface area contributed by atoms with Crippen molar-refractivity contribution in [3.8, 4) is 5.75 Å². The van der Waals surface area contributed by atoms with Crippen LogP contribution in [0.15, 0.2) is 36.5 Å². The SMILES string of the molecule is C1CC1.CC.CC1CCC(C(=O)Nc2ccnc(C(N)=O)c2)O1.COc1cccc(F)c1F. The lowest BCUT2D eigenvalue weighted by molar-refractivity contribution is -0.126. The minimum atomic E-state index is -0.940. The number of hydrogen-bond acceptors (Lipinski definition) is 5. The molecule has 0 bridgehead atoms. The Kier molecular flexibility index (Phi) is 12.6. The van der Waals surface area contributed by atoms with Gasteiger partial charge in [-0.1, -0.05) is 39.2 Å². The molecule has 2 aromatic rings. The minimum absolute atomic E-state index is 0.0694. The molecule has 2 atom stereocenters. The van der Waals surface area contributed by atoms with Crippen LogP contribution in [0.5, 0.6) is 5.75 Å². The fourth-order valence-electron chi connectivity index (χ4n) is 2.50. The fraction of sp³-hybridized carbons (Fsp3) is 0.458. The fourth-order valence-corrected chi connectivity index (χ4v) is 2.50. The number of ether oxygens (including phenoxy) is 2. The Balaban J connectivity index is 0.000000303. The smallest absolute Gasteiger partial charge is 0.267 e. The number of primary amides is 1. The van der Waals surface area contributed by atoms with Gasteiger partial charge in [0.1, 0.15) is 11.8 Å². The maximum absolute atomic E-state index is 12.5. The number of nitrogens with zero attached hydrogens (tertiary/aromatic N) is 1. The van der Waals surface area contributed by atoms with Gasteiger partial charge in [-0.3, -0.25) is 14.6 Å². The third-order valence-electron chi connectivity index (χ3n) is 4.29. The van der Waals surface area contributed by atoms with Crippen molar-refractivity contribution < 1.29 is 27.8 Å². The molecule has 182 valence electrons. The zero-order chi connectivity index (χ0) is 24.8. The van der Waals surface area contributed by atoms with Crippen molar-refractivity contribution in [2.75, 3.05) is 12.4 Å². The molecule has 1 aliphatic carbocycles. The summed E-state index contributed by atoms with van der Waals surface area (Å²) in [5.41, 5.74) is 5.73. The number of halogens is 2. The Hall–Kier alpha value is -3.07. The Morgan fingerprint density at radius 2 is 1.82 bits per heavy atom. The average molecular weight is 466 g/mol. The Bertz CT molecular complexity index is 891. The second-order valence-corrected chi connectivity index (χ2v) is 7.11. The van der Waals surface area contributed by atoms with Crippen LogP contribution in [-0.4, -0.2) is 36.1 Å². The average Bonchev–Trinajstić information content (AvgIpc) is 3.64. The lowest BCUT2D eigenvalue weighted by Crippen LogP contribution is -2.28. The molecule has 2 aliphatic rings. The number of amides is 2. The molecule has 2 fully saturated rings. The van der Waals surface area contributed by atoms with Gasteiger partial charge in [0, 0.05) is 11.9 Å². The summed E-state index contributed by atoms with van der Waals surface area (Å²) in [6.45, 7) is 5.94. The highest BCUT2D eigenvalue weighted by molar-refractivity contribution is 5.96. The normalized spacial score (nSPS) is 17.6. The first-order valence-corrected chi connectivity index (χ1v) is 11.0. The molecule has 2 amide bonds. The van der Waals surface area contributed by atoms with Crippen molar-refractivity contribution in [2.45, 2.75) is 65.1 Å². The molecule has 2 unspecified atom stereocenters. The number of nitrogens with one attached hydrogen (secondary N) is 1. The van der Waals surface area contributed by atoms with Crippen LogP contribution in [-0.2, 0) is 9.53 Å². The summed E-state index contributed by atoms with van der Waals surface area (Å²) in [5, 5.41) is 2.69. The molecule has 1 saturated heterocycles. The van der Waals surface area contributed by atoms with Crippen LogP contribution >= 0.6 is 0 Å². The van der Waals surface area contributed by atoms with Crippen molar-refractivity contribution in [3.05, 3.63) is 53.9 Å². The van der Waals surface area contributed by atoms with Gasteiger partial charge in [0.25, 0.3) is 11.8 Å². The molecule has 1 saturated carbocycles. The molecule has 0 spiro atoms. The van der Waals surface area contributed by atoms with E-state index in [4.69, 9.17) is 10.5 Å². The Labute approximate surface area is 193 Å². The van der Waals surface area contributed by atoms with E-state index in [2.05, 4.69) is 15.0 Å². The highest BCUT2D eigenvalue weighted by Crippen LogP contribution is 2.21. The van der Waals surface area contributed by atoms with E-state index >= 15 is 0 Å². The maximum atomic E-state index is 12.5. The summed E-state index contributed by atoms with van der Waals surface area (Å²) in [4.78, 5) is 26.6. The highest BCUT2D eigenvalue weighted by Gasteiger charge is 2.28. The van der Waals surface area contributed by atoms with Gasteiger partial charge in [0.2, 0.25) is 5.82 Å². The first-order chi connectivity index (χ1) is 15.8. The van der Waals surface area contributed by atoms with Gasteiger partial charge in [-0.15, -0.1) is 0 Å². The summed E-state index contributed by atoms with van der Waals surface area (Å²) in [7, 11) is 1.29. The largest absolute Gasteiger partial charge is 0.494 e. The standard InChI is InChI=1S/C12H15N3O3.C7H6F2O.C3H6.C2H6/c1-7-2-3-10(18-7)12(17)15-8-4-5-14-9(6-8)11(13)16;1-10-6-4-2-3-5(8)7(6)9;1-2-3-1;1-2/h4-7,10H,2-3H2,1H3,(H2,13,16)(H,14,15,17);2-4H,1H3;1-3H2;1-2H3. The van der Waals surface area contributed by atoms with E-state index in [1.807, 2.05) is 20.8 Å². The summed E-state index contributed by atoms with van der Waals surface area (Å²) >= 11 is 0. The van der Waals surface area contributed by atoms with Crippen molar-refractivity contribution in [3.63, 3.8) is 0 Å². The number of anilines is 1. The topological polar surface area (TPSA) is 104 Å². The molecular weight excluding hydrogens is 432 g/mol. The number of nitrogens with two attached hydrogens (primary N) is 1. The number of carbonyl (C=O) groups is 2. The highest BCUT2D eigenvalue weighted by atomic mass is 19.2. The third-order valence-corrected chi connectivity index (χ3v) is 4.29. The van der Waals surface area contributed by atoms with Crippen LogP contribution in [0.4, 0.5) is 14.5 Å². The van der Waals surface area contributed by atoms with Crippen LogP contribution < -0.4 is 15.8 Å². The number of benzene rings is 1.